The van der Waals surface area contributed by atoms with Gasteiger partial charge in [0.25, 0.3) is 0 Å². The Hall–Kier alpha value is -2.49. The maximum atomic E-state index is 11.4. The molecule has 4 heteroatoms. The molecule has 3 rings (SSSR count). The molecular weight excluding hydrogens is 314 g/mol. The summed E-state index contributed by atoms with van der Waals surface area (Å²) in [6.45, 7) is 3.15. The highest BCUT2D eigenvalue weighted by atomic mass is 16.5. The Labute approximate surface area is 149 Å². The number of hydrogen-bond donors (Lipinski definition) is 1. The van der Waals surface area contributed by atoms with E-state index in [-0.39, 0.29) is 5.91 Å². The van der Waals surface area contributed by atoms with Gasteiger partial charge in [-0.1, -0.05) is 43.3 Å². The number of rotatable bonds is 6. The number of ether oxygens (including phenoxy) is 2. The van der Waals surface area contributed by atoms with Gasteiger partial charge < -0.3 is 14.8 Å². The van der Waals surface area contributed by atoms with Crippen LogP contribution in [0.3, 0.4) is 0 Å². The first kappa shape index (κ1) is 17.3. The quantitative estimate of drug-likeness (QED) is 0.876. The van der Waals surface area contributed by atoms with Crippen LogP contribution in [0.2, 0.25) is 0 Å². The summed E-state index contributed by atoms with van der Waals surface area (Å²) >= 11 is 0. The Bertz CT molecular complexity index is 742. The standard InChI is InChI=1S/C21H25NO3/c1-3-20(23)22-13-16-7-4-6-15(10-16)11-17-12-18-8-5-9-19(24-2)21(18)25-14-17/h4-10,17H,3,11-14H2,1-2H3,(H,22,23)/t17-/m1/s1. The van der Waals surface area contributed by atoms with Crippen molar-refractivity contribution in [3.8, 4) is 11.5 Å². The second-order valence-electron chi connectivity index (χ2n) is 6.48. The third kappa shape index (κ3) is 4.32. The second-order valence-corrected chi connectivity index (χ2v) is 6.48. The van der Waals surface area contributed by atoms with E-state index in [4.69, 9.17) is 9.47 Å². The van der Waals surface area contributed by atoms with Crippen LogP contribution < -0.4 is 14.8 Å². The van der Waals surface area contributed by atoms with E-state index in [1.165, 1.54) is 11.1 Å². The lowest BCUT2D eigenvalue weighted by molar-refractivity contribution is -0.120. The number of carbonyl (C=O) groups is 1. The molecule has 0 spiro atoms. The maximum Gasteiger partial charge on any atom is 0.219 e. The van der Waals surface area contributed by atoms with Crippen LogP contribution in [0.1, 0.15) is 30.0 Å². The minimum Gasteiger partial charge on any atom is -0.493 e. The first-order valence-electron chi connectivity index (χ1n) is 8.82. The predicted octanol–water partition coefficient (Wildman–Crippen LogP) is 3.52. The molecule has 0 radical (unpaired) electrons. The molecule has 25 heavy (non-hydrogen) atoms. The Balaban J connectivity index is 1.64. The van der Waals surface area contributed by atoms with E-state index in [1.54, 1.807) is 7.11 Å². The number of fused-ring (bicyclic) bond motifs is 1. The van der Waals surface area contributed by atoms with E-state index in [2.05, 4.69) is 35.6 Å². The Morgan fingerprint density at radius 2 is 2.04 bits per heavy atom. The minimum atomic E-state index is 0.0802. The van der Waals surface area contributed by atoms with E-state index >= 15 is 0 Å². The van der Waals surface area contributed by atoms with Crippen molar-refractivity contribution in [1.82, 2.24) is 5.32 Å². The van der Waals surface area contributed by atoms with E-state index in [0.717, 1.165) is 29.9 Å². The summed E-state index contributed by atoms with van der Waals surface area (Å²) in [5.74, 6) is 2.22. The average Bonchev–Trinajstić information content (AvgIpc) is 2.65. The minimum absolute atomic E-state index is 0.0802. The van der Waals surface area contributed by atoms with Gasteiger partial charge in [-0.25, -0.2) is 0 Å². The molecule has 1 aliphatic rings. The molecule has 4 nitrogen and oxygen atoms in total. The van der Waals surface area contributed by atoms with Crippen LogP contribution >= 0.6 is 0 Å². The Morgan fingerprint density at radius 3 is 2.84 bits per heavy atom. The van der Waals surface area contributed by atoms with Gasteiger partial charge in [0, 0.05) is 18.9 Å². The number of amides is 1. The molecule has 0 saturated heterocycles. The number of benzene rings is 2. The summed E-state index contributed by atoms with van der Waals surface area (Å²) in [4.78, 5) is 11.4. The van der Waals surface area contributed by atoms with Gasteiger partial charge in [-0.2, -0.15) is 0 Å². The van der Waals surface area contributed by atoms with Crippen molar-refractivity contribution in [3.63, 3.8) is 0 Å². The second kappa shape index (κ2) is 8.06. The number of hydrogen-bond acceptors (Lipinski definition) is 3. The van der Waals surface area contributed by atoms with E-state index in [0.29, 0.717) is 25.5 Å². The molecule has 0 fully saturated rings. The molecule has 1 heterocycles. The summed E-state index contributed by atoms with van der Waals surface area (Å²) in [5, 5.41) is 2.93. The van der Waals surface area contributed by atoms with Gasteiger partial charge in [0.15, 0.2) is 11.5 Å². The third-order valence-electron chi connectivity index (χ3n) is 4.58. The largest absolute Gasteiger partial charge is 0.493 e. The molecular formula is C21H25NO3. The lowest BCUT2D eigenvalue weighted by atomic mass is 9.90. The van der Waals surface area contributed by atoms with Gasteiger partial charge in [0.05, 0.1) is 13.7 Å². The number of carbonyl (C=O) groups excluding carboxylic acids is 1. The van der Waals surface area contributed by atoms with E-state index < -0.39 is 0 Å². The first-order valence-corrected chi connectivity index (χ1v) is 8.82. The average molecular weight is 339 g/mol. The van der Waals surface area contributed by atoms with Crippen LogP contribution in [0.4, 0.5) is 0 Å². The zero-order valence-electron chi connectivity index (χ0n) is 14.9. The van der Waals surface area contributed by atoms with E-state index in [1.807, 2.05) is 19.1 Å². The first-order chi connectivity index (χ1) is 12.2. The number of para-hydroxylation sites is 1. The van der Waals surface area contributed by atoms with Crippen molar-refractivity contribution >= 4 is 5.91 Å². The highest BCUT2D eigenvalue weighted by Gasteiger charge is 2.22. The summed E-state index contributed by atoms with van der Waals surface area (Å²) in [5.41, 5.74) is 3.63. The fourth-order valence-corrected chi connectivity index (χ4v) is 3.27. The molecule has 1 aliphatic heterocycles. The summed E-state index contributed by atoms with van der Waals surface area (Å²) in [6, 6.07) is 14.5. The monoisotopic (exact) mass is 339 g/mol. The van der Waals surface area contributed by atoms with Crippen molar-refractivity contribution in [1.29, 1.82) is 0 Å². The van der Waals surface area contributed by atoms with Crippen molar-refractivity contribution in [2.45, 2.75) is 32.7 Å². The number of nitrogens with one attached hydrogen (secondary N) is 1. The highest BCUT2D eigenvalue weighted by molar-refractivity contribution is 5.75. The molecule has 2 aromatic carbocycles. The van der Waals surface area contributed by atoms with Crippen molar-refractivity contribution < 1.29 is 14.3 Å². The fourth-order valence-electron chi connectivity index (χ4n) is 3.27. The highest BCUT2D eigenvalue weighted by Crippen LogP contribution is 2.36. The van der Waals surface area contributed by atoms with Gasteiger partial charge in [-0.3, -0.25) is 4.79 Å². The molecule has 1 amide bonds. The van der Waals surface area contributed by atoms with Crippen LogP contribution in [0.25, 0.3) is 0 Å². The van der Waals surface area contributed by atoms with Crippen LogP contribution in [0, 0.1) is 5.92 Å². The van der Waals surface area contributed by atoms with Crippen molar-refractivity contribution in [3.05, 3.63) is 59.2 Å². The topological polar surface area (TPSA) is 47.6 Å². The predicted molar refractivity (Wildman–Crippen MR) is 98.0 cm³/mol. The molecule has 132 valence electrons. The Morgan fingerprint density at radius 1 is 1.24 bits per heavy atom. The van der Waals surface area contributed by atoms with Gasteiger partial charge >= 0.3 is 0 Å². The third-order valence-corrected chi connectivity index (χ3v) is 4.58. The molecule has 0 bridgehead atoms. The van der Waals surface area contributed by atoms with Gasteiger partial charge in [-0.15, -0.1) is 0 Å². The molecule has 2 aromatic rings. The molecule has 0 aromatic heterocycles. The molecule has 0 aliphatic carbocycles. The summed E-state index contributed by atoms with van der Waals surface area (Å²) in [7, 11) is 1.67. The fraction of sp³-hybridized carbons (Fsp3) is 0.381. The molecule has 0 saturated carbocycles. The van der Waals surface area contributed by atoms with Gasteiger partial charge in [0.2, 0.25) is 5.91 Å². The normalized spacial score (nSPS) is 15.8. The van der Waals surface area contributed by atoms with Gasteiger partial charge in [-0.05, 0) is 35.6 Å². The van der Waals surface area contributed by atoms with Crippen molar-refractivity contribution in [2.24, 2.45) is 5.92 Å². The zero-order chi connectivity index (χ0) is 17.6. The summed E-state index contributed by atoms with van der Waals surface area (Å²) < 4.78 is 11.3. The summed E-state index contributed by atoms with van der Waals surface area (Å²) in [6.07, 6.45) is 2.47. The van der Waals surface area contributed by atoms with Gasteiger partial charge in [0.1, 0.15) is 0 Å². The number of methoxy groups -OCH3 is 1. The molecule has 1 N–H and O–H groups in total. The zero-order valence-corrected chi connectivity index (χ0v) is 14.9. The van der Waals surface area contributed by atoms with E-state index in [9.17, 15) is 4.79 Å². The lowest BCUT2D eigenvalue weighted by Crippen LogP contribution is -2.23. The van der Waals surface area contributed by atoms with Crippen molar-refractivity contribution in [2.75, 3.05) is 13.7 Å². The molecule has 0 unspecified atom stereocenters. The smallest absolute Gasteiger partial charge is 0.219 e. The Kier molecular flexibility index (Phi) is 5.59. The van der Waals surface area contributed by atoms with Crippen LogP contribution in [0.5, 0.6) is 11.5 Å². The maximum absolute atomic E-state index is 11.4. The van der Waals surface area contributed by atoms with Crippen LogP contribution in [0.15, 0.2) is 42.5 Å². The SMILES string of the molecule is CCC(=O)NCc1cccc(C[C@H]2COc3c(cccc3OC)C2)c1. The molecule has 1 atom stereocenters. The van der Waals surface area contributed by atoms with Crippen LogP contribution in [-0.4, -0.2) is 19.6 Å². The lowest BCUT2D eigenvalue weighted by Gasteiger charge is -2.26. The van der Waals surface area contributed by atoms with Crippen LogP contribution in [-0.2, 0) is 24.2 Å².